The summed E-state index contributed by atoms with van der Waals surface area (Å²) in [6.45, 7) is 6.30. The number of rotatable bonds is 7. The van der Waals surface area contributed by atoms with Crippen LogP contribution in [0.3, 0.4) is 0 Å². The minimum Gasteiger partial charge on any atom is -0.457 e. The van der Waals surface area contributed by atoms with Crippen molar-refractivity contribution >= 4 is 32.7 Å². The number of nitrogens with zero attached hydrogens (tertiary/aromatic N) is 1. The number of Topliss-reactive ketones (excluding diaryl/α,β-unsaturated/α-hetero) is 1. The van der Waals surface area contributed by atoms with E-state index in [-0.39, 0.29) is 21.8 Å². The van der Waals surface area contributed by atoms with Crippen LogP contribution < -0.4 is 4.74 Å². The van der Waals surface area contributed by atoms with Crippen LogP contribution in [-0.2, 0) is 19.6 Å². The number of ketones is 1. The van der Waals surface area contributed by atoms with Crippen LogP contribution in [0.2, 0.25) is 0 Å². The van der Waals surface area contributed by atoms with Crippen LogP contribution in [0.4, 0.5) is 0 Å². The van der Waals surface area contributed by atoms with E-state index in [4.69, 9.17) is 4.74 Å². The van der Waals surface area contributed by atoms with Gasteiger partial charge in [0.2, 0.25) is 10.0 Å². The van der Waals surface area contributed by atoms with E-state index in [1.54, 1.807) is 19.1 Å². The van der Waals surface area contributed by atoms with Gasteiger partial charge in [-0.1, -0.05) is 30.0 Å². The van der Waals surface area contributed by atoms with Crippen molar-refractivity contribution in [2.45, 2.75) is 38.6 Å². The topological polar surface area (TPSA) is 80.8 Å². The summed E-state index contributed by atoms with van der Waals surface area (Å²) in [6, 6.07) is 15.3. The molecule has 0 spiro atoms. The monoisotopic (exact) mass is 437 g/mol. The van der Waals surface area contributed by atoms with Gasteiger partial charge < -0.3 is 9.53 Å². The van der Waals surface area contributed by atoms with Crippen molar-refractivity contribution in [3.8, 4) is 11.5 Å². The smallest absolute Gasteiger partial charge is 0.243 e. The Balaban J connectivity index is 0.000000960. The van der Waals surface area contributed by atoms with Crippen LogP contribution in [-0.4, -0.2) is 42.5 Å². The quantitative estimate of drug-likeness (QED) is 0.640. The number of hydrogen-bond donors (Lipinski definition) is 0. The molecule has 0 bridgehead atoms. The van der Waals surface area contributed by atoms with Crippen molar-refractivity contribution in [1.29, 1.82) is 0 Å². The average molecular weight is 438 g/mol. The summed E-state index contributed by atoms with van der Waals surface area (Å²) in [6.07, 6.45) is 0. The summed E-state index contributed by atoms with van der Waals surface area (Å²) < 4.78 is 32.3. The number of para-hydroxylation sites is 1. The Morgan fingerprint density at radius 2 is 1.45 bits per heavy atom. The number of ether oxygens (including phenoxy) is 1. The Kier molecular flexibility index (Phi) is 10.1. The Bertz CT molecular complexity index is 892. The van der Waals surface area contributed by atoms with Crippen molar-refractivity contribution in [2.24, 2.45) is 0 Å². The summed E-state index contributed by atoms with van der Waals surface area (Å²) in [5.41, 5.74) is 0. The van der Waals surface area contributed by atoms with E-state index in [1.165, 1.54) is 44.3 Å². The zero-order valence-corrected chi connectivity index (χ0v) is 18.9. The molecule has 0 saturated heterocycles. The largest absolute Gasteiger partial charge is 0.457 e. The van der Waals surface area contributed by atoms with E-state index in [9.17, 15) is 18.0 Å². The molecule has 0 aromatic heterocycles. The standard InChI is InChI=1S/C18H21NO4S2.C3H6O/c1-14(13-24-15(2)20)19(3)25(21,22)18-11-9-17(10-12-18)23-16-7-5-4-6-8-16;1-3(2)4/h4-12,14H,13H2,1-3H3;1-2H3/t14-;/m1./s1. The van der Waals surface area contributed by atoms with Crippen molar-refractivity contribution in [3.05, 3.63) is 54.6 Å². The van der Waals surface area contributed by atoms with E-state index < -0.39 is 10.0 Å². The van der Waals surface area contributed by atoms with Crippen LogP contribution in [0.25, 0.3) is 0 Å². The van der Waals surface area contributed by atoms with E-state index in [0.29, 0.717) is 17.3 Å². The summed E-state index contributed by atoms with van der Waals surface area (Å²) in [7, 11) is -2.10. The molecule has 0 radical (unpaired) electrons. The second kappa shape index (κ2) is 11.7. The lowest BCUT2D eigenvalue weighted by atomic mass is 10.3. The molecule has 6 nitrogen and oxygen atoms in total. The van der Waals surface area contributed by atoms with Gasteiger partial charge in [-0.05, 0) is 57.2 Å². The zero-order valence-electron chi connectivity index (χ0n) is 17.3. The van der Waals surface area contributed by atoms with Gasteiger partial charge in [-0.25, -0.2) is 8.42 Å². The number of hydrogen-bond acceptors (Lipinski definition) is 6. The maximum Gasteiger partial charge on any atom is 0.243 e. The third kappa shape index (κ3) is 8.81. The minimum atomic E-state index is -3.62. The molecule has 0 N–H and O–H groups in total. The molecule has 0 fully saturated rings. The first kappa shape index (κ1) is 24.9. The molecule has 0 saturated carbocycles. The fraction of sp³-hybridized carbons (Fsp3) is 0.333. The summed E-state index contributed by atoms with van der Waals surface area (Å²) >= 11 is 1.12. The molecule has 0 amide bonds. The number of carbonyl (C=O) groups excluding carboxylic acids is 2. The highest BCUT2D eigenvalue weighted by Gasteiger charge is 2.25. The number of thioether (sulfide) groups is 1. The predicted octanol–water partition coefficient (Wildman–Crippen LogP) is 4.36. The van der Waals surface area contributed by atoms with Crippen molar-refractivity contribution in [2.75, 3.05) is 12.8 Å². The Morgan fingerprint density at radius 1 is 0.966 bits per heavy atom. The molecule has 8 heteroatoms. The number of carbonyl (C=O) groups is 2. The second-order valence-electron chi connectivity index (χ2n) is 6.47. The van der Waals surface area contributed by atoms with Crippen molar-refractivity contribution in [3.63, 3.8) is 0 Å². The Morgan fingerprint density at radius 3 is 1.93 bits per heavy atom. The first-order chi connectivity index (χ1) is 13.5. The highest BCUT2D eigenvalue weighted by atomic mass is 32.2. The highest BCUT2D eigenvalue weighted by Crippen LogP contribution is 2.24. The first-order valence-corrected chi connectivity index (χ1v) is 11.4. The molecule has 0 aliphatic carbocycles. The van der Waals surface area contributed by atoms with E-state index in [0.717, 1.165) is 11.8 Å². The normalized spacial score (nSPS) is 11.9. The third-order valence-electron chi connectivity index (χ3n) is 3.63. The molecule has 0 aliphatic heterocycles. The second-order valence-corrected chi connectivity index (χ2v) is 9.66. The molecule has 2 aromatic rings. The Labute approximate surface area is 177 Å². The van der Waals surface area contributed by atoms with Gasteiger partial charge in [-0.2, -0.15) is 4.31 Å². The minimum absolute atomic E-state index is 0.0277. The molecule has 2 aromatic carbocycles. The lowest BCUT2D eigenvalue weighted by Crippen LogP contribution is -2.36. The molecule has 0 aliphatic rings. The maximum atomic E-state index is 12.7. The molecule has 2 rings (SSSR count). The lowest BCUT2D eigenvalue weighted by molar-refractivity contribution is -0.115. The fourth-order valence-corrected chi connectivity index (χ4v) is 4.21. The predicted molar refractivity (Wildman–Crippen MR) is 117 cm³/mol. The summed E-state index contributed by atoms with van der Waals surface area (Å²) in [4.78, 5) is 20.7. The zero-order chi connectivity index (χ0) is 22.0. The molecule has 158 valence electrons. The summed E-state index contributed by atoms with van der Waals surface area (Å²) in [5, 5.41) is -0.0277. The van der Waals surface area contributed by atoms with Crippen LogP contribution >= 0.6 is 11.8 Å². The van der Waals surface area contributed by atoms with Gasteiger partial charge in [0.05, 0.1) is 4.90 Å². The summed E-state index contributed by atoms with van der Waals surface area (Å²) in [5.74, 6) is 1.83. The fourth-order valence-electron chi connectivity index (χ4n) is 2.05. The lowest BCUT2D eigenvalue weighted by Gasteiger charge is -2.23. The van der Waals surface area contributed by atoms with Crippen LogP contribution in [0.15, 0.2) is 59.5 Å². The van der Waals surface area contributed by atoms with E-state index in [2.05, 4.69) is 0 Å². The van der Waals surface area contributed by atoms with Crippen LogP contribution in [0, 0.1) is 0 Å². The van der Waals surface area contributed by atoms with E-state index in [1.807, 2.05) is 30.3 Å². The van der Waals surface area contributed by atoms with Crippen molar-refractivity contribution < 1.29 is 22.7 Å². The van der Waals surface area contributed by atoms with Gasteiger partial charge >= 0.3 is 0 Å². The molecule has 0 heterocycles. The van der Waals surface area contributed by atoms with Gasteiger partial charge in [-0.15, -0.1) is 0 Å². The van der Waals surface area contributed by atoms with Gasteiger partial charge in [-0.3, -0.25) is 4.79 Å². The maximum absolute atomic E-state index is 12.7. The first-order valence-electron chi connectivity index (χ1n) is 8.95. The molecule has 29 heavy (non-hydrogen) atoms. The van der Waals surface area contributed by atoms with Gasteiger partial charge in [0.25, 0.3) is 0 Å². The van der Waals surface area contributed by atoms with Crippen LogP contribution in [0.5, 0.6) is 11.5 Å². The van der Waals surface area contributed by atoms with Gasteiger partial charge in [0.15, 0.2) is 5.12 Å². The molecule has 1 atom stereocenters. The molecular formula is C21H27NO5S2. The van der Waals surface area contributed by atoms with E-state index >= 15 is 0 Å². The van der Waals surface area contributed by atoms with Crippen molar-refractivity contribution in [1.82, 2.24) is 4.31 Å². The van der Waals surface area contributed by atoms with Gasteiger partial charge in [0.1, 0.15) is 17.3 Å². The Hall–Kier alpha value is -2.16. The highest BCUT2D eigenvalue weighted by molar-refractivity contribution is 8.13. The van der Waals surface area contributed by atoms with Gasteiger partial charge in [0, 0.05) is 25.8 Å². The SMILES string of the molecule is CC(=O)SC[C@@H](C)N(C)S(=O)(=O)c1ccc(Oc2ccccc2)cc1.CC(C)=O. The molecule has 0 unspecified atom stereocenters. The number of sulfonamides is 1. The average Bonchev–Trinajstić information content (AvgIpc) is 2.66. The van der Waals surface area contributed by atoms with Crippen LogP contribution in [0.1, 0.15) is 27.7 Å². The third-order valence-corrected chi connectivity index (χ3v) is 6.67. The molecular weight excluding hydrogens is 410 g/mol. The number of benzene rings is 2.